The molecule has 0 aliphatic rings. The first-order valence-corrected chi connectivity index (χ1v) is 5.91. The van der Waals surface area contributed by atoms with Crippen LogP contribution in [0, 0.1) is 6.92 Å². The molecule has 0 saturated carbocycles. The van der Waals surface area contributed by atoms with Gasteiger partial charge < -0.3 is 20.8 Å². The molecule has 1 unspecified atom stereocenters. The van der Waals surface area contributed by atoms with Gasteiger partial charge in [-0.2, -0.15) is 0 Å². The first kappa shape index (κ1) is 15.0. The summed E-state index contributed by atoms with van der Waals surface area (Å²) in [5.41, 5.74) is 2.03. The molecule has 1 aromatic rings. The first-order valence-electron chi connectivity index (χ1n) is 5.91. The minimum atomic E-state index is -1.30. The molecule has 0 bridgehead atoms. The van der Waals surface area contributed by atoms with Gasteiger partial charge in [-0.1, -0.05) is 29.8 Å². The number of aryl methyl sites for hydroxylation is 1. The Kier molecular flexibility index (Phi) is 5.32. The van der Waals surface area contributed by atoms with E-state index in [1.165, 1.54) is 0 Å². The number of hydrogen-bond donors (Lipinski definition) is 4. The lowest BCUT2D eigenvalue weighted by Crippen LogP contribution is -2.48. The Labute approximate surface area is 111 Å². The maximum atomic E-state index is 11.6. The lowest BCUT2D eigenvalue weighted by atomic mass is 10.1. The Hall–Kier alpha value is -2.08. The molecule has 0 aromatic heterocycles. The lowest BCUT2D eigenvalue weighted by Gasteiger charge is -2.17. The third kappa shape index (κ3) is 4.59. The largest absolute Gasteiger partial charge is 0.480 e. The zero-order valence-electron chi connectivity index (χ0n) is 10.9. The molecule has 0 fully saturated rings. The SMILES string of the molecule is Cc1ccc(C(C)NC(=O)N[C@@H](CO)C(=O)O)cc1. The number of aliphatic hydroxyl groups is 1. The highest BCUT2D eigenvalue weighted by atomic mass is 16.4. The number of carboxylic acid groups (broad SMARTS) is 1. The van der Waals surface area contributed by atoms with Gasteiger partial charge in [-0.3, -0.25) is 0 Å². The fourth-order valence-electron chi connectivity index (χ4n) is 1.52. The fraction of sp³-hybridized carbons (Fsp3) is 0.385. The van der Waals surface area contributed by atoms with Crippen molar-refractivity contribution in [1.82, 2.24) is 10.6 Å². The van der Waals surface area contributed by atoms with Crippen molar-refractivity contribution in [2.75, 3.05) is 6.61 Å². The maximum Gasteiger partial charge on any atom is 0.328 e. The maximum absolute atomic E-state index is 11.6. The van der Waals surface area contributed by atoms with Gasteiger partial charge in [0.1, 0.15) is 0 Å². The Balaban J connectivity index is 2.56. The number of urea groups is 1. The third-order valence-corrected chi connectivity index (χ3v) is 2.71. The standard InChI is InChI=1S/C13H18N2O4/c1-8-3-5-10(6-4-8)9(2)14-13(19)15-11(7-16)12(17)18/h3-6,9,11,16H,7H2,1-2H3,(H,17,18)(H2,14,15,19)/t9?,11-/m0/s1. The van der Waals surface area contributed by atoms with Crippen molar-refractivity contribution in [2.24, 2.45) is 0 Å². The number of aliphatic hydroxyl groups excluding tert-OH is 1. The lowest BCUT2D eigenvalue weighted by molar-refractivity contribution is -0.140. The molecule has 0 aliphatic carbocycles. The van der Waals surface area contributed by atoms with Gasteiger partial charge in [0.05, 0.1) is 12.6 Å². The van der Waals surface area contributed by atoms with Gasteiger partial charge in [-0.05, 0) is 19.4 Å². The van der Waals surface area contributed by atoms with E-state index in [1.54, 1.807) is 6.92 Å². The zero-order valence-corrected chi connectivity index (χ0v) is 10.9. The monoisotopic (exact) mass is 266 g/mol. The molecule has 6 nitrogen and oxygen atoms in total. The number of carbonyl (C=O) groups is 2. The van der Waals surface area contributed by atoms with E-state index in [-0.39, 0.29) is 6.04 Å². The van der Waals surface area contributed by atoms with E-state index in [4.69, 9.17) is 10.2 Å². The second-order valence-electron chi connectivity index (χ2n) is 4.32. The number of benzene rings is 1. The van der Waals surface area contributed by atoms with Crippen molar-refractivity contribution < 1.29 is 19.8 Å². The molecule has 104 valence electrons. The van der Waals surface area contributed by atoms with E-state index in [0.29, 0.717) is 0 Å². The van der Waals surface area contributed by atoms with Gasteiger partial charge in [0.15, 0.2) is 6.04 Å². The van der Waals surface area contributed by atoms with Crippen LogP contribution < -0.4 is 10.6 Å². The van der Waals surface area contributed by atoms with E-state index in [0.717, 1.165) is 11.1 Å². The second-order valence-corrected chi connectivity index (χ2v) is 4.32. The number of carboxylic acids is 1. The van der Waals surface area contributed by atoms with E-state index >= 15 is 0 Å². The summed E-state index contributed by atoms with van der Waals surface area (Å²) >= 11 is 0. The van der Waals surface area contributed by atoms with Gasteiger partial charge in [0.25, 0.3) is 0 Å². The summed E-state index contributed by atoms with van der Waals surface area (Å²) in [7, 11) is 0. The van der Waals surface area contributed by atoms with Crippen LogP contribution in [-0.4, -0.2) is 34.9 Å². The predicted molar refractivity (Wildman–Crippen MR) is 69.8 cm³/mol. The summed E-state index contributed by atoms with van der Waals surface area (Å²) in [6, 6.07) is 5.45. The number of aliphatic carboxylic acids is 1. The van der Waals surface area contributed by atoms with Crippen molar-refractivity contribution in [3.63, 3.8) is 0 Å². The number of carbonyl (C=O) groups excluding carboxylic acids is 1. The Bertz CT molecular complexity index is 444. The third-order valence-electron chi connectivity index (χ3n) is 2.71. The Morgan fingerprint density at radius 3 is 2.26 bits per heavy atom. The minimum absolute atomic E-state index is 0.256. The molecule has 6 heteroatoms. The molecule has 1 rings (SSSR count). The molecule has 2 amide bonds. The van der Waals surface area contributed by atoms with Crippen LogP contribution in [0.25, 0.3) is 0 Å². The van der Waals surface area contributed by atoms with Crippen molar-refractivity contribution in [1.29, 1.82) is 0 Å². The number of nitrogens with one attached hydrogen (secondary N) is 2. The van der Waals surface area contributed by atoms with Crippen molar-refractivity contribution in [3.8, 4) is 0 Å². The van der Waals surface area contributed by atoms with Crippen molar-refractivity contribution in [2.45, 2.75) is 25.9 Å². The number of rotatable bonds is 5. The van der Waals surface area contributed by atoms with Gasteiger partial charge >= 0.3 is 12.0 Å². The smallest absolute Gasteiger partial charge is 0.328 e. The molecule has 2 atom stereocenters. The Morgan fingerprint density at radius 2 is 1.79 bits per heavy atom. The van der Waals surface area contributed by atoms with Crippen LogP contribution in [0.5, 0.6) is 0 Å². The van der Waals surface area contributed by atoms with Crippen LogP contribution in [-0.2, 0) is 4.79 Å². The molecule has 4 N–H and O–H groups in total. The normalized spacial score (nSPS) is 13.4. The summed E-state index contributed by atoms with van der Waals surface area (Å²) in [4.78, 5) is 22.2. The summed E-state index contributed by atoms with van der Waals surface area (Å²) in [5.74, 6) is -1.28. The topological polar surface area (TPSA) is 98.7 Å². The van der Waals surface area contributed by atoms with Crippen LogP contribution in [0.4, 0.5) is 4.79 Å². The van der Waals surface area contributed by atoms with Gasteiger partial charge in [0, 0.05) is 0 Å². The molecule has 0 heterocycles. The molecule has 0 spiro atoms. The van der Waals surface area contributed by atoms with E-state index in [1.807, 2.05) is 31.2 Å². The molecule has 1 aromatic carbocycles. The summed E-state index contributed by atoms with van der Waals surface area (Å²) in [5, 5.41) is 22.3. The van der Waals surface area contributed by atoms with Crippen LogP contribution >= 0.6 is 0 Å². The number of hydrogen-bond acceptors (Lipinski definition) is 3. The molecular formula is C13H18N2O4. The van der Waals surface area contributed by atoms with Gasteiger partial charge in [-0.15, -0.1) is 0 Å². The summed E-state index contributed by atoms with van der Waals surface area (Å²) in [6.45, 7) is 3.11. The molecule has 0 saturated heterocycles. The first-order chi connectivity index (χ1) is 8.93. The van der Waals surface area contributed by atoms with E-state index in [2.05, 4.69) is 10.6 Å². The van der Waals surface area contributed by atoms with Crippen LogP contribution in [0.2, 0.25) is 0 Å². The van der Waals surface area contributed by atoms with Gasteiger partial charge in [0.2, 0.25) is 0 Å². The molecule has 0 aliphatic heterocycles. The Morgan fingerprint density at radius 1 is 1.21 bits per heavy atom. The summed E-state index contributed by atoms with van der Waals surface area (Å²) < 4.78 is 0. The van der Waals surface area contributed by atoms with Gasteiger partial charge in [-0.25, -0.2) is 9.59 Å². The van der Waals surface area contributed by atoms with Crippen LogP contribution in [0.3, 0.4) is 0 Å². The quantitative estimate of drug-likeness (QED) is 0.633. The zero-order chi connectivity index (χ0) is 14.4. The second kappa shape index (κ2) is 6.75. The molecular weight excluding hydrogens is 248 g/mol. The van der Waals surface area contributed by atoms with Crippen LogP contribution in [0.15, 0.2) is 24.3 Å². The molecule has 19 heavy (non-hydrogen) atoms. The minimum Gasteiger partial charge on any atom is -0.480 e. The van der Waals surface area contributed by atoms with Crippen molar-refractivity contribution in [3.05, 3.63) is 35.4 Å². The molecule has 0 radical (unpaired) electrons. The predicted octanol–water partition coefficient (Wildman–Crippen LogP) is 0.801. The van der Waals surface area contributed by atoms with E-state index < -0.39 is 24.6 Å². The highest BCUT2D eigenvalue weighted by molar-refractivity contribution is 5.82. The van der Waals surface area contributed by atoms with Crippen LogP contribution in [0.1, 0.15) is 24.1 Å². The highest BCUT2D eigenvalue weighted by Gasteiger charge is 2.19. The average Bonchev–Trinajstić information content (AvgIpc) is 2.36. The number of amides is 2. The van der Waals surface area contributed by atoms with Crippen molar-refractivity contribution >= 4 is 12.0 Å². The average molecular weight is 266 g/mol. The van der Waals surface area contributed by atoms with E-state index in [9.17, 15) is 9.59 Å². The fourth-order valence-corrected chi connectivity index (χ4v) is 1.52. The summed E-state index contributed by atoms with van der Waals surface area (Å²) in [6.07, 6.45) is 0. The highest BCUT2D eigenvalue weighted by Crippen LogP contribution is 2.12.